The van der Waals surface area contributed by atoms with Crippen molar-refractivity contribution in [3.63, 3.8) is 0 Å². The van der Waals surface area contributed by atoms with Crippen LogP contribution in [0.4, 0.5) is 17.6 Å². The van der Waals surface area contributed by atoms with Crippen molar-refractivity contribution in [2.45, 2.75) is 29.8 Å². The van der Waals surface area contributed by atoms with E-state index in [1.54, 1.807) is 11.9 Å². The fourth-order valence-corrected chi connectivity index (χ4v) is 4.02. The van der Waals surface area contributed by atoms with Crippen LogP contribution in [0.15, 0.2) is 0 Å². The molecular weight excluding hydrogens is 352 g/mol. The molecule has 1 rings (SSSR count). The Labute approximate surface area is 128 Å². The number of rotatable bonds is 5. The summed E-state index contributed by atoms with van der Waals surface area (Å²) in [6, 6.07) is 0. The van der Waals surface area contributed by atoms with Crippen molar-refractivity contribution in [3.05, 3.63) is 0 Å². The lowest BCUT2D eigenvalue weighted by Crippen LogP contribution is -2.64. The molecule has 1 aliphatic heterocycles. The molecule has 1 fully saturated rings. The van der Waals surface area contributed by atoms with Crippen LogP contribution in [0.25, 0.3) is 0 Å². The maximum Gasteiger partial charge on any atom is 0.396 e. The van der Waals surface area contributed by atoms with Gasteiger partial charge in [0.05, 0.1) is 0 Å². The van der Waals surface area contributed by atoms with Crippen LogP contribution in [-0.2, 0) is 21.1 Å². The number of alkyl halides is 4. The predicted octanol–water partition coefficient (Wildman–Crippen LogP) is 0.792. The van der Waals surface area contributed by atoms with Gasteiger partial charge in [0, 0.05) is 26.2 Å². The minimum Gasteiger partial charge on any atom is -0.304 e. The summed E-state index contributed by atoms with van der Waals surface area (Å²) in [6.07, 6.45) is 0. The first-order valence-corrected chi connectivity index (χ1v) is 8.79. The Balaban J connectivity index is 3.24. The number of piperazine rings is 1. The number of halogens is 4. The molecule has 12 heteroatoms. The van der Waals surface area contributed by atoms with Gasteiger partial charge in [0.2, 0.25) is 10.7 Å². The molecule has 1 N–H and O–H groups in total. The Morgan fingerprint density at radius 2 is 1.45 bits per heavy atom. The van der Waals surface area contributed by atoms with E-state index in [0.717, 1.165) is 0 Å². The molecule has 3 atom stereocenters. The van der Waals surface area contributed by atoms with Gasteiger partial charge in [-0.15, -0.1) is 0 Å². The van der Waals surface area contributed by atoms with Crippen molar-refractivity contribution in [1.29, 1.82) is 0 Å². The van der Waals surface area contributed by atoms with E-state index in [-0.39, 0.29) is 40.0 Å². The van der Waals surface area contributed by atoms with Crippen LogP contribution in [0.3, 0.4) is 0 Å². The first-order valence-electron chi connectivity index (χ1n) is 6.24. The SMILES string of the molecule is CN1CCN(S(=O)(=O)C(F)(F)C(C)(F)C(C)(F)S(=O)O)CC1. The fraction of sp³-hybridized carbons (Fsp3) is 1.00. The van der Waals surface area contributed by atoms with Crippen molar-refractivity contribution < 1.29 is 34.7 Å². The van der Waals surface area contributed by atoms with Gasteiger partial charge in [-0.3, -0.25) is 0 Å². The van der Waals surface area contributed by atoms with Crippen LogP contribution in [-0.4, -0.2) is 75.5 Å². The van der Waals surface area contributed by atoms with E-state index in [4.69, 9.17) is 4.55 Å². The molecule has 0 saturated carbocycles. The van der Waals surface area contributed by atoms with Crippen LogP contribution in [0.2, 0.25) is 0 Å². The minimum atomic E-state index is -5.55. The molecule has 3 unspecified atom stereocenters. The van der Waals surface area contributed by atoms with Gasteiger partial charge in [0.15, 0.2) is 11.1 Å². The molecular formula is C10H18F4N2O4S2. The molecule has 0 aromatic rings. The first-order chi connectivity index (χ1) is 9.69. The topological polar surface area (TPSA) is 77.9 Å². The molecule has 0 aromatic heterocycles. The summed E-state index contributed by atoms with van der Waals surface area (Å²) < 4.78 is 101. The van der Waals surface area contributed by atoms with E-state index < -0.39 is 37.0 Å². The Morgan fingerprint density at radius 1 is 1.05 bits per heavy atom. The average molecular weight is 370 g/mol. The highest BCUT2D eigenvalue weighted by atomic mass is 32.2. The third kappa shape index (κ3) is 2.90. The Kier molecular flexibility index (Phi) is 5.35. The van der Waals surface area contributed by atoms with E-state index in [0.29, 0.717) is 4.31 Å². The average Bonchev–Trinajstić information content (AvgIpc) is 2.38. The van der Waals surface area contributed by atoms with E-state index in [2.05, 4.69) is 0 Å². The number of hydrogen-bond donors (Lipinski definition) is 1. The summed E-state index contributed by atoms with van der Waals surface area (Å²) >= 11 is -3.65. The van der Waals surface area contributed by atoms with Crippen LogP contribution in [0.5, 0.6) is 0 Å². The zero-order valence-electron chi connectivity index (χ0n) is 12.2. The van der Waals surface area contributed by atoms with Crippen molar-refractivity contribution in [3.8, 4) is 0 Å². The van der Waals surface area contributed by atoms with Crippen LogP contribution < -0.4 is 0 Å². The Hall–Kier alpha value is -0.300. The molecule has 1 saturated heterocycles. The lowest BCUT2D eigenvalue weighted by atomic mass is 10.0. The Morgan fingerprint density at radius 3 is 1.82 bits per heavy atom. The van der Waals surface area contributed by atoms with Crippen molar-refractivity contribution in [2.24, 2.45) is 0 Å². The van der Waals surface area contributed by atoms with Crippen LogP contribution in [0.1, 0.15) is 13.8 Å². The molecule has 22 heavy (non-hydrogen) atoms. The van der Waals surface area contributed by atoms with E-state index in [1.165, 1.54) is 0 Å². The largest absolute Gasteiger partial charge is 0.396 e. The van der Waals surface area contributed by atoms with Crippen molar-refractivity contribution in [2.75, 3.05) is 33.2 Å². The van der Waals surface area contributed by atoms with Crippen molar-refractivity contribution >= 4 is 21.1 Å². The second kappa shape index (κ2) is 5.96. The van der Waals surface area contributed by atoms with Gasteiger partial charge in [0.25, 0.3) is 10.0 Å². The molecule has 0 radical (unpaired) electrons. The van der Waals surface area contributed by atoms with Gasteiger partial charge in [-0.25, -0.2) is 21.4 Å². The standard InChI is InChI=1S/C10H18F4N2O4S2/c1-8(11,9(2,12)21(17)18)10(13,14)22(19,20)16-6-4-15(3)5-7-16/h4-7H2,1-3H3,(H,17,18). The molecule has 1 aliphatic rings. The highest BCUT2D eigenvalue weighted by molar-refractivity contribution is 7.90. The number of likely N-dealkylation sites (N-methyl/N-ethyl adjacent to an activating group) is 1. The number of sulfonamides is 1. The van der Waals surface area contributed by atoms with Gasteiger partial charge in [-0.2, -0.15) is 13.1 Å². The second-order valence-corrected chi connectivity index (χ2v) is 8.64. The number of hydrogen-bond acceptors (Lipinski definition) is 4. The fourth-order valence-electron chi connectivity index (χ4n) is 1.86. The second-order valence-electron chi connectivity index (χ2n) is 5.39. The maximum absolute atomic E-state index is 14.3. The lowest BCUT2D eigenvalue weighted by Gasteiger charge is -2.40. The highest BCUT2D eigenvalue weighted by Gasteiger charge is 2.73. The van der Waals surface area contributed by atoms with Crippen LogP contribution >= 0.6 is 0 Å². The predicted molar refractivity (Wildman–Crippen MR) is 72.7 cm³/mol. The zero-order valence-corrected chi connectivity index (χ0v) is 13.9. The third-order valence-corrected chi connectivity index (χ3v) is 6.95. The molecule has 0 amide bonds. The summed E-state index contributed by atoms with van der Waals surface area (Å²) in [5.74, 6) is 0. The third-order valence-electron chi connectivity index (χ3n) is 3.84. The zero-order chi connectivity index (χ0) is 17.6. The molecule has 0 spiro atoms. The molecule has 6 nitrogen and oxygen atoms in total. The van der Waals surface area contributed by atoms with Crippen LogP contribution in [0, 0.1) is 0 Å². The van der Waals surface area contributed by atoms with Gasteiger partial charge in [0.1, 0.15) is 0 Å². The summed E-state index contributed by atoms with van der Waals surface area (Å²) in [7, 11) is -3.90. The normalized spacial score (nSPS) is 26.2. The van der Waals surface area contributed by atoms with E-state index in [1.807, 2.05) is 0 Å². The quantitative estimate of drug-likeness (QED) is 0.572. The molecule has 0 aliphatic carbocycles. The molecule has 1 heterocycles. The van der Waals surface area contributed by atoms with Crippen molar-refractivity contribution in [1.82, 2.24) is 9.21 Å². The highest BCUT2D eigenvalue weighted by Crippen LogP contribution is 2.48. The maximum atomic E-state index is 14.3. The first kappa shape index (κ1) is 19.7. The van der Waals surface area contributed by atoms with Gasteiger partial charge in [-0.05, 0) is 20.9 Å². The summed E-state index contributed by atoms with van der Waals surface area (Å²) in [5, 5.41) is -9.19. The summed E-state index contributed by atoms with van der Waals surface area (Å²) in [4.78, 5) is 1.68. The van der Waals surface area contributed by atoms with Gasteiger partial charge in [-0.1, -0.05) is 0 Å². The van der Waals surface area contributed by atoms with Gasteiger partial charge < -0.3 is 9.45 Å². The smallest absolute Gasteiger partial charge is 0.304 e. The van der Waals surface area contributed by atoms with Gasteiger partial charge >= 0.3 is 5.25 Å². The molecule has 0 aromatic carbocycles. The Bertz CT molecular complexity index is 545. The monoisotopic (exact) mass is 370 g/mol. The lowest BCUT2D eigenvalue weighted by molar-refractivity contribution is -0.115. The van der Waals surface area contributed by atoms with E-state index in [9.17, 15) is 30.2 Å². The summed E-state index contributed by atoms with van der Waals surface area (Å²) in [5.41, 5.74) is -4.40. The summed E-state index contributed by atoms with van der Waals surface area (Å²) in [6.45, 7) is -0.231. The number of nitrogens with zero attached hydrogens (tertiary/aromatic N) is 2. The minimum absolute atomic E-state index is 0.0330. The molecule has 0 bridgehead atoms. The molecule has 132 valence electrons. The van der Waals surface area contributed by atoms with E-state index >= 15 is 0 Å².